The summed E-state index contributed by atoms with van der Waals surface area (Å²) in [6, 6.07) is 0. The van der Waals surface area contributed by atoms with Crippen LogP contribution in [0.3, 0.4) is 0 Å². The number of unbranched alkanes of at least 4 members (excludes halogenated alkanes) is 5. The Hall–Kier alpha value is -2.32. The van der Waals surface area contributed by atoms with Gasteiger partial charge in [-0.3, -0.25) is 25.3 Å². The fraction of sp³-hybridized carbons (Fsp3) is 0.846. The summed E-state index contributed by atoms with van der Waals surface area (Å²) in [6.45, 7) is 11.8. The molecule has 8 N–H and O–H groups in total. The highest BCUT2D eigenvalue weighted by atomic mass is 15.2. The van der Waals surface area contributed by atoms with Crippen molar-refractivity contribution in [3.8, 4) is 0 Å². The lowest BCUT2D eigenvalue weighted by atomic mass is 10.00. The summed E-state index contributed by atoms with van der Waals surface area (Å²) in [4.78, 5) is 17.5. The van der Waals surface area contributed by atoms with Gasteiger partial charge in [0.2, 0.25) is 0 Å². The van der Waals surface area contributed by atoms with Crippen molar-refractivity contribution in [3.05, 3.63) is 0 Å². The van der Waals surface area contributed by atoms with E-state index in [0.717, 1.165) is 51.6 Å². The maximum atomic E-state index is 5.93. The number of hydrogen-bond donors (Lipinski definition) is 5. The molecule has 2 atom stereocenters. The normalized spacial score (nSPS) is 14.9. The summed E-state index contributed by atoms with van der Waals surface area (Å²) in [6.07, 6.45) is 15.4. The second-order valence-corrected chi connectivity index (χ2v) is 9.27. The Kier molecular flexibility index (Phi) is 21.9. The summed E-state index contributed by atoms with van der Waals surface area (Å²) in [7, 11) is 0. The monoisotopic (exact) mass is 493 g/mol. The van der Waals surface area contributed by atoms with E-state index in [9.17, 15) is 0 Å². The van der Waals surface area contributed by atoms with Crippen molar-refractivity contribution in [1.29, 1.82) is 0 Å². The van der Waals surface area contributed by atoms with E-state index in [-0.39, 0.29) is 0 Å². The minimum absolute atomic E-state index is 0.327. The first-order chi connectivity index (χ1) is 17.0. The molecule has 0 radical (unpaired) electrons. The highest BCUT2D eigenvalue weighted by Crippen LogP contribution is 2.13. The summed E-state index contributed by atoms with van der Waals surface area (Å²) >= 11 is 0. The van der Waals surface area contributed by atoms with Gasteiger partial charge >= 0.3 is 0 Å². The molecule has 0 saturated carbocycles. The van der Waals surface area contributed by atoms with E-state index >= 15 is 0 Å². The predicted octanol–water partition coefficient (Wildman–Crippen LogP) is 4.13. The van der Waals surface area contributed by atoms with Crippen LogP contribution in [0.5, 0.6) is 0 Å². The molecular weight excluding hydrogens is 438 g/mol. The van der Waals surface area contributed by atoms with Gasteiger partial charge in [0.1, 0.15) is 0 Å². The van der Waals surface area contributed by atoms with Gasteiger partial charge in [-0.05, 0) is 37.5 Å². The average molecular weight is 494 g/mol. The molecule has 0 aliphatic heterocycles. The molecule has 0 rings (SSSR count). The fourth-order valence-corrected chi connectivity index (χ4v) is 3.61. The van der Waals surface area contributed by atoms with E-state index in [2.05, 4.69) is 58.3 Å². The lowest BCUT2D eigenvalue weighted by Gasteiger charge is -2.12. The van der Waals surface area contributed by atoms with Crippen molar-refractivity contribution in [1.82, 2.24) is 10.6 Å². The van der Waals surface area contributed by atoms with Crippen molar-refractivity contribution in [2.24, 2.45) is 49.0 Å². The van der Waals surface area contributed by atoms with E-state index in [1.54, 1.807) is 6.34 Å². The van der Waals surface area contributed by atoms with Crippen molar-refractivity contribution in [2.75, 3.05) is 26.2 Å². The number of hydrogen-bond acceptors (Lipinski definition) is 4. The Labute approximate surface area is 215 Å². The number of rotatable bonds is 20. The number of nitrogens with one attached hydrogen (secondary N) is 2. The number of nitrogens with zero attached hydrogens (tertiary/aromatic N) is 4. The summed E-state index contributed by atoms with van der Waals surface area (Å²) in [5.74, 6) is 2.33. The standard InChI is InChI=1S/C26H55N9/c1-5-9-15-22(7-3)19-30-21-34-24(27)31-17-13-11-12-14-18-32-25(28)35-26(29)33-20-23(8-4)16-10-6-2/h21-23H,5-20H2,1-4H3,(H3,27,30,31,34)(H5,28,29,32,33,35). The molecule has 0 amide bonds. The van der Waals surface area contributed by atoms with E-state index in [0.29, 0.717) is 42.8 Å². The smallest absolute Gasteiger partial charge is 0.195 e. The molecule has 35 heavy (non-hydrogen) atoms. The molecule has 0 spiro atoms. The molecule has 0 saturated heterocycles. The van der Waals surface area contributed by atoms with Gasteiger partial charge in [0.25, 0.3) is 0 Å². The van der Waals surface area contributed by atoms with Crippen LogP contribution in [-0.4, -0.2) is 50.4 Å². The summed E-state index contributed by atoms with van der Waals surface area (Å²) in [5, 5.41) is 5.85. The van der Waals surface area contributed by atoms with Gasteiger partial charge in [-0.1, -0.05) is 79.1 Å². The molecule has 9 nitrogen and oxygen atoms in total. The third-order valence-corrected chi connectivity index (χ3v) is 6.16. The average Bonchev–Trinajstić information content (AvgIpc) is 2.85. The highest BCUT2D eigenvalue weighted by molar-refractivity contribution is 5.97. The largest absolute Gasteiger partial charge is 0.370 e. The Morgan fingerprint density at radius 2 is 1.17 bits per heavy atom. The SMILES string of the molecule is CCCCC(CC)C/N=C\N/C(N)=N\CCCCCC/N=C(\N)N/C(N)=N\CC(CC)CCCC. The lowest BCUT2D eigenvalue weighted by Crippen LogP contribution is -2.42. The minimum atomic E-state index is 0.327. The molecule has 0 bridgehead atoms. The molecule has 0 fully saturated rings. The van der Waals surface area contributed by atoms with Crippen LogP contribution in [0.15, 0.2) is 20.0 Å². The van der Waals surface area contributed by atoms with Gasteiger partial charge in [0.15, 0.2) is 17.9 Å². The number of aliphatic imine (C=N–C) groups is 4. The van der Waals surface area contributed by atoms with Crippen LogP contribution in [0.4, 0.5) is 0 Å². The first-order valence-electron chi connectivity index (χ1n) is 13.9. The lowest BCUT2D eigenvalue weighted by molar-refractivity contribution is 0.462. The fourth-order valence-electron chi connectivity index (χ4n) is 3.61. The van der Waals surface area contributed by atoms with E-state index in [1.807, 2.05) is 0 Å². The van der Waals surface area contributed by atoms with Crippen molar-refractivity contribution in [2.45, 2.75) is 105 Å². The second kappa shape index (κ2) is 23.4. The van der Waals surface area contributed by atoms with Crippen LogP contribution < -0.4 is 27.8 Å². The Morgan fingerprint density at radius 3 is 1.71 bits per heavy atom. The summed E-state index contributed by atoms with van der Waals surface area (Å²) < 4.78 is 0. The van der Waals surface area contributed by atoms with Gasteiger partial charge in [-0.25, -0.2) is 0 Å². The van der Waals surface area contributed by atoms with E-state index in [1.165, 1.54) is 38.5 Å². The maximum Gasteiger partial charge on any atom is 0.195 e. The molecule has 0 aliphatic carbocycles. The third-order valence-electron chi connectivity index (χ3n) is 6.16. The van der Waals surface area contributed by atoms with Gasteiger partial charge in [0.05, 0.1) is 6.34 Å². The number of nitrogens with two attached hydrogens (primary N) is 3. The van der Waals surface area contributed by atoms with Crippen molar-refractivity contribution < 1.29 is 0 Å². The van der Waals surface area contributed by atoms with Crippen LogP contribution >= 0.6 is 0 Å². The molecule has 204 valence electrons. The second-order valence-electron chi connectivity index (χ2n) is 9.27. The first kappa shape index (κ1) is 32.7. The van der Waals surface area contributed by atoms with E-state index < -0.39 is 0 Å². The zero-order valence-corrected chi connectivity index (χ0v) is 23.1. The van der Waals surface area contributed by atoms with Gasteiger partial charge < -0.3 is 22.5 Å². The molecule has 9 heteroatoms. The molecule has 0 heterocycles. The Morgan fingerprint density at radius 1 is 0.657 bits per heavy atom. The Balaban J connectivity index is 3.93. The minimum Gasteiger partial charge on any atom is -0.370 e. The zero-order valence-electron chi connectivity index (χ0n) is 23.1. The molecule has 0 aromatic rings. The molecule has 0 aromatic carbocycles. The van der Waals surface area contributed by atoms with Crippen molar-refractivity contribution >= 4 is 24.2 Å². The first-order valence-corrected chi connectivity index (χ1v) is 13.9. The predicted molar refractivity (Wildman–Crippen MR) is 154 cm³/mol. The molecular formula is C26H55N9. The van der Waals surface area contributed by atoms with Gasteiger partial charge in [-0.2, -0.15) is 0 Å². The maximum absolute atomic E-state index is 5.93. The quantitative estimate of drug-likeness (QED) is 0.0980. The molecule has 2 unspecified atom stereocenters. The van der Waals surface area contributed by atoms with Crippen LogP contribution in [0.25, 0.3) is 0 Å². The van der Waals surface area contributed by atoms with Crippen molar-refractivity contribution in [3.63, 3.8) is 0 Å². The van der Waals surface area contributed by atoms with Gasteiger partial charge in [-0.15, -0.1) is 0 Å². The van der Waals surface area contributed by atoms with Crippen LogP contribution in [0.2, 0.25) is 0 Å². The molecule has 0 aliphatic rings. The van der Waals surface area contributed by atoms with Crippen LogP contribution in [0.1, 0.15) is 105 Å². The third kappa shape index (κ3) is 20.7. The van der Waals surface area contributed by atoms with Gasteiger partial charge in [0, 0.05) is 26.2 Å². The highest BCUT2D eigenvalue weighted by Gasteiger charge is 2.05. The van der Waals surface area contributed by atoms with Crippen LogP contribution in [-0.2, 0) is 0 Å². The zero-order chi connectivity index (χ0) is 26.2. The van der Waals surface area contributed by atoms with Crippen LogP contribution in [0, 0.1) is 11.8 Å². The molecule has 0 aromatic heterocycles. The Bertz CT molecular complexity index is 614. The topological polar surface area (TPSA) is 152 Å². The number of guanidine groups is 3. The summed E-state index contributed by atoms with van der Waals surface area (Å²) in [5.41, 5.74) is 17.7. The van der Waals surface area contributed by atoms with E-state index in [4.69, 9.17) is 17.2 Å².